The van der Waals surface area contributed by atoms with Crippen molar-refractivity contribution in [1.29, 1.82) is 0 Å². The molecule has 3 nitrogen and oxygen atoms in total. The number of aliphatic hydroxyl groups is 1. The molecule has 0 bridgehead atoms. The third-order valence-corrected chi connectivity index (χ3v) is 2.43. The van der Waals surface area contributed by atoms with E-state index in [9.17, 15) is 9.18 Å². The van der Waals surface area contributed by atoms with Crippen molar-refractivity contribution in [3.63, 3.8) is 0 Å². The maximum atomic E-state index is 13.3. The van der Waals surface area contributed by atoms with Gasteiger partial charge in [-0.3, -0.25) is 4.79 Å². The summed E-state index contributed by atoms with van der Waals surface area (Å²) in [6, 6.07) is 3.92. The molecule has 16 heavy (non-hydrogen) atoms. The number of halogens is 2. The summed E-state index contributed by atoms with van der Waals surface area (Å²) in [5.41, 5.74) is 0.173. The van der Waals surface area contributed by atoms with Crippen LogP contribution in [0.3, 0.4) is 0 Å². The van der Waals surface area contributed by atoms with E-state index >= 15 is 0 Å². The van der Waals surface area contributed by atoms with E-state index in [1.165, 1.54) is 18.2 Å². The van der Waals surface area contributed by atoms with Crippen LogP contribution >= 0.6 is 11.6 Å². The number of aliphatic hydroxyl groups excluding tert-OH is 1. The van der Waals surface area contributed by atoms with Gasteiger partial charge in [-0.25, -0.2) is 4.39 Å². The number of rotatable bonds is 4. The summed E-state index contributed by atoms with van der Waals surface area (Å²) in [6.07, 6.45) is -0.129. The van der Waals surface area contributed by atoms with Crippen LogP contribution in [-0.4, -0.2) is 23.7 Å². The molecule has 2 N–H and O–H groups in total. The number of hydrogen-bond acceptors (Lipinski definition) is 2. The summed E-state index contributed by atoms with van der Waals surface area (Å²) >= 11 is 5.77. The van der Waals surface area contributed by atoms with Crippen LogP contribution in [0.4, 0.5) is 4.39 Å². The van der Waals surface area contributed by atoms with Crippen LogP contribution in [0.5, 0.6) is 0 Å². The second-order valence-electron chi connectivity index (χ2n) is 3.53. The lowest BCUT2D eigenvalue weighted by Gasteiger charge is -2.11. The molecular weight excluding hydrogens is 233 g/mol. The predicted octanol–water partition coefficient (Wildman–Crippen LogP) is 1.52. The Bertz CT molecular complexity index is 364. The zero-order chi connectivity index (χ0) is 12.1. The first-order chi connectivity index (χ1) is 7.54. The van der Waals surface area contributed by atoms with E-state index in [2.05, 4.69) is 5.32 Å². The fraction of sp³-hybridized carbons (Fsp3) is 0.364. The number of nitrogens with one attached hydrogen (secondary N) is 1. The first-order valence-corrected chi connectivity index (χ1v) is 5.25. The van der Waals surface area contributed by atoms with Gasteiger partial charge in [-0.05, 0) is 19.1 Å². The average Bonchev–Trinajstić information content (AvgIpc) is 2.23. The Balaban J connectivity index is 2.70. The Kier molecular flexibility index (Phi) is 4.71. The van der Waals surface area contributed by atoms with Crippen molar-refractivity contribution in [3.8, 4) is 0 Å². The molecule has 0 radical (unpaired) electrons. The van der Waals surface area contributed by atoms with Gasteiger partial charge in [-0.1, -0.05) is 17.7 Å². The van der Waals surface area contributed by atoms with Crippen LogP contribution in [0, 0.1) is 5.82 Å². The van der Waals surface area contributed by atoms with E-state index in [1.54, 1.807) is 6.92 Å². The molecular formula is C11H13ClFNO2. The predicted molar refractivity (Wildman–Crippen MR) is 59.8 cm³/mol. The van der Waals surface area contributed by atoms with E-state index in [-0.39, 0.29) is 35.6 Å². The Morgan fingerprint density at radius 3 is 2.88 bits per heavy atom. The topological polar surface area (TPSA) is 49.3 Å². The minimum Gasteiger partial charge on any atom is -0.394 e. The van der Waals surface area contributed by atoms with Crippen molar-refractivity contribution in [2.75, 3.05) is 6.61 Å². The Hall–Kier alpha value is -1.13. The smallest absolute Gasteiger partial charge is 0.224 e. The van der Waals surface area contributed by atoms with Crippen LogP contribution < -0.4 is 5.32 Å². The third kappa shape index (κ3) is 3.47. The van der Waals surface area contributed by atoms with E-state index in [1.807, 2.05) is 0 Å². The lowest BCUT2D eigenvalue weighted by Crippen LogP contribution is -2.36. The Labute approximate surface area is 98.2 Å². The zero-order valence-electron chi connectivity index (χ0n) is 8.84. The molecule has 0 fully saturated rings. The molecule has 0 aliphatic rings. The minimum atomic E-state index is -0.501. The molecule has 1 rings (SSSR count). The van der Waals surface area contributed by atoms with Gasteiger partial charge in [0.25, 0.3) is 0 Å². The lowest BCUT2D eigenvalue weighted by atomic mass is 10.1. The second-order valence-corrected chi connectivity index (χ2v) is 3.94. The van der Waals surface area contributed by atoms with Gasteiger partial charge in [0.05, 0.1) is 13.0 Å². The van der Waals surface area contributed by atoms with Gasteiger partial charge in [0.2, 0.25) is 5.91 Å². The number of carbonyl (C=O) groups excluding carboxylic acids is 1. The SMILES string of the molecule is CC(CO)NC(=O)Cc1c(F)cccc1Cl. The van der Waals surface area contributed by atoms with Crippen molar-refractivity contribution in [1.82, 2.24) is 5.32 Å². The molecule has 0 spiro atoms. The quantitative estimate of drug-likeness (QED) is 0.845. The van der Waals surface area contributed by atoms with E-state index in [4.69, 9.17) is 16.7 Å². The van der Waals surface area contributed by atoms with E-state index in [0.29, 0.717) is 0 Å². The van der Waals surface area contributed by atoms with Crippen molar-refractivity contribution >= 4 is 17.5 Å². The monoisotopic (exact) mass is 245 g/mol. The van der Waals surface area contributed by atoms with Gasteiger partial charge in [0.15, 0.2) is 0 Å². The molecule has 1 aromatic rings. The van der Waals surface area contributed by atoms with Crippen molar-refractivity contribution < 1.29 is 14.3 Å². The highest BCUT2D eigenvalue weighted by molar-refractivity contribution is 6.31. The first kappa shape index (κ1) is 12.9. The van der Waals surface area contributed by atoms with Gasteiger partial charge in [0.1, 0.15) is 5.82 Å². The Morgan fingerprint density at radius 1 is 1.62 bits per heavy atom. The number of hydrogen-bond donors (Lipinski definition) is 2. The maximum absolute atomic E-state index is 13.3. The van der Waals surface area contributed by atoms with Crippen LogP contribution in [0.1, 0.15) is 12.5 Å². The number of amides is 1. The minimum absolute atomic E-state index is 0.129. The molecule has 1 amide bonds. The molecule has 1 unspecified atom stereocenters. The van der Waals surface area contributed by atoms with Gasteiger partial charge >= 0.3 is 0 Å². The maximum Gasteiger partial charge on any atom is 0.224 e. The highest BCUT2D eigenvalue weighted by Crippen LogP contribution is 2.19. The zero-order valence-corrected chi connectivity index (χ0v) is 9.59. The molecule has 5 heteroatoms. The number of carbonyl (C=O) groups is 1. The second kappa shape index (κ2) is 5.82. The van der Waals surface area contributed by atoms with Gasteiger partial charge in [-0.2, -0.15) is 0 Å². The third-order valence-electron chi connectivity index (χ3n) is 2.08. The van der Waals surface area contributed by atoms with Crippen molar-refractivity contribution in [2.24, 2.45) is 0 Å². The highest BCUT2D eigenvalue weighted by Gasteiger charge is 2.13. The normalized spacial score (nSPS) is 12.2. The molecule has 0 saturated carbocycles. The Morgan fingerprint density at radius 2 is 2.31 bits per heavy atom. The molecule has 0 aromatic heterocycles. The highest BCUT2D eigenvalue weighted by atomic mass is 35.5. The molecule has 88 valence electrons. The average molecular weight is 246 g/mol. The summed E-state index contributed by atoms with van der Waals surface area (Å²) < 4.78 is 13.3. The fourth-order valence-corrected chi connectivity index (χ4v) is 1.46. The van der Waals surface area contributed by atoms with Crippen molar-refractivity contribution in [3.05, 3.63) is 34.6 Å². The van der Waals surface area contributed by atoms with Crippen LogP contribution in [0.2, 0.25) is 5.02 Å². The van der Waals surface area contributed by atoms with Gasteiger partial charge < -0.3 is 10.4 Å². The number of benzene rings is 1. The summed E-state index contributed by atoms with van der Waals surface area (Å²) in [7, 11) is 0. The molecule has 1 aromatic carbocycles. The molecule has 0 saturated heterocycles. The van der Waals surface area contributed by atoms with Gasteiger partial charge in [0, 0.05) is 16.6 Å². The van der Waals surface area contributed by atoms with Gasteiger partial charge in [-0.15, -0.1) is 0 Å². The summed E-state index contributed by atoms with van der Waals surface area (Å²) in [5.74, 6) is -0.868. The van der Waals surface area contributed by atoms with Crippen LogP contribution in [0.15, 0.2) is 18.2 Å². The first-order valence-electron chi connectivity index (χ1n) is 4.87. The summed E-state index contributed by atoms with van der Waals surface area (Å²) in [4.78, 5) is 11.4. The molecule has 0 heterocycles. The fourth-order valence-electron chi connectivity index (χ4n) is 1.23. The largest absolute Gasteiger partial charge is 0.394 e. The molecule has 0 aliphatic heterocycles. The van der Waals surface area contributed by atoms with E-state index in [0.717, 1.165) is 0 Å². The lowest BCUT2D eigenvalue weighted by molar-refractivity contribution is -0.121. The van der Waals surface area contributed by atoms with Crippen LogP contribution in [-0.2, 0) is 11.2 Å². The summed E-state index contributed by atoms with van der Waals surface area (Å²) in [6.45, 7) is 1.50. The van der Waals surface area contributed by atoms with Crippen LogP contribution in [0.25, 0.3) is 0 Å². The summed E-state index contributed by atoms with van der Waals surface area (Å²) in [5, 5.41) is 11.5. The molecule has 1 atom stereocenters. The van der Waals surface area contributed by atoms with E-state index < -0.39 is 5.82 Å². The standard InChI is InChI=1S/C11H13ClFNO2/c1-7(6-15)14-11(16)5-8-9(12)3-2-4-10(8)13/h2-4,7,15H,5-6H2,1H3,(H,14,16). The van der Waals surface area contributed by atoms with Crippen molar-refractivity contribution in [2.45, 2.75) is 19.4 Å². The molecule has 0 aliphatic carbocycles.